The number of hydrogen-bond donors (Lipinski definition) is 2. The first kappa shape index (κ1) is 20.4. The van der Waals surface area contributed by atoms with Crippen LogP contribution in [0.4, 0.5) is 5.69 Å². The fourth-order valence-corrected chi connectivity index (χ4v) is 3.46. The Balaban J connectivity index is 1.90. The van der Waals surface area contributed by atoms with E-state index in [-0.39, 0.29) is 11.6 Å². The van der Waals surface area contributed by atoms with Crippen molar-refractivity contribution in [2.24, 2.45) is 0 Å². The molecule has 0 aliphatic rings. The molecule has 1 aromatic heterocycles. The number of amides is 2. The number of ether oxygens (including phenoxy) is 1. The van der Waals surface area contributed by atoms with Gasteiger partial charge in [-0.05, 0) is 60.7 Å². The van der Waals surface area contributed by atoms with Crippen LogP contribution in [0.2, 0.25) is 0 Å². The van der Waals surface area contributed by atoms with Gasteiger partial charge in [-0.2, -0.15) is 0 Å². The summed E-state index contributed by atoms with van der Waals surface area (Å²) in [6, 6.07) is 16.5. The Hall–Kier alpha value is -3.38. The number of thiophene rings is 1. The first-order valence-corrected chi connectivity index (χ1v) is 9.94. The van der Waals surface area contributed by atoms with Crippen LogP contribution in [-0.4, -0.2) is 18.9 Å². The maximum absolute atomic E-state index is 13.0. The number of benzene rings is 2. The number of anilines is 1. The summed E-state index contributed by atoms with van der Waals surface area (Å²) in [6.07, 6.45) is 1.67. The molecule has 2 N–H and O–H groups in total. The lowest BCUT2D eigenvalue weighted by atomic mass is 10.1. The highest BCUT2D eigenvalue weighted by molar-refractivity contribution is 7.10. The van der Waals surface area contributed by atoms with Gasteiger partial charge >= 0.3 is 0 Å². The highest BCUT2D eigenvalue weighted by Crippen LogP contribution is 2.26. The molecule has 0 saturated carbocycles. The maximum Gasteiger partial charge on any atom is 0.272 e. The molecule has 0 fully saturated rings. The SMILES string of the molecule is COc1ccc(C)cc1NC(=O)/C(=C/c1cccs1)NC(=O)c1ccccc1C. The molecule has 2 amide bonds. The Morgan fingerprint density at radius 2 is 1.83 bits per heavy atom. The standard InChI is InChI=1S/C23H22N2O3S/c1-15-10-11-21(28-3)19(13-15)24-23(27)20(14-17-8-6-12-29-17)25-22(26)18-9-5-4-7-16(18)2/h4-14H,1-3H3,(H,24,27)(H,25,26)/b20-14-. The molecule has 0 saturated heterocycles. The number of carbonyl (C=O) groups is 2. The van der Waals surface area contributed by atoms with Crippen LogP contribution in [0.5, 0.6) is 5.75 Å². The molecule has 6 heteroatoms. The van der Waals surface area contributed by atoms with E-state index in [0.717, 1.165) is 16.0 Å². The molecule has 0 aliphatic heterocycles. The van der Waals surface area contributed by atoms with Gasteiger partial charge in [0.1, 0.15) is 11.4 Å². The summed E-state index contributed by atoms with van der Waals surface area (Å²) in [5.41, 5.74) is 3.03. The molecule has 3 aromatic rings. The van der Waals surface area contributed by atoms with Crippen molar-refractivity contribution in [1.82, 2.24) is 5.32 Å². The Labute approximate surface area is 174 Å². The van der Waals surface area contributed by atoms with E-state index in [9.17, 15) is 9.59 Å². The van der Waals surface area contributed by atoms with E-state index in [2.05, 4.69) is 10.6 Å². The lowest BCUT2D eigenvalue weighted by molar-refractivity contribution is -0.113. The number of hydrogen-bond acceptors (Lipinski definition) is 4. The zero-order chi connectivity index (χ0) is 20.8. The van der Waals surface area contributed by atoms with Crippen molar-refractivity contribution in [2.75, 3.05) is 12.4 Å². The topological polar surface area (TPSA) is 67.4 Å². The number of carbonyl (C=O) groups excluding carboxylic acids is 2. The number of rotatable bonds is 6. The van der Waals surface area contributed by atoms with Gasteiger partial charge in [0.15, 0.2) is 0 Å². The van der Waals surface area contributed by atoms with Gasteiger partial charge in [-0.25, -0.2) is 0 Å². The van der Waals surface area contributed by atoms with Gasteiger partial charge in [-0.15, -0.1) is 11.3 Å². The average Bonchev–Trinajstić information content (AvgIpc) is 3.21. The highest BCUT2D eigenvalue weighted by Gasteiger charge is 2.17. The fourth-order valence-electron chi connectivity index (χ4n) is 2.80. The molecular weight excluding hydrogens is 384 g/mol. The normalized spacial score (nSPS) is 11.1. The van der Waals surface area contributed by atoms with E-state index in [1.54, 1.807) is 31.4 Å². The first-order chi connectivity index (χ1) is 14.0. The quantitative estimate of drug-likeness (QED) is 0.579. The molecule has 0 bridgehead atoms. The largest absolute Gasteiger partial charge is 0.495 e. The Morgan fingerprint density at radius 3 is 2.52 bits per heavy atom. The lowest BCUT2D eigenvalue weighted by Crippen LogP contribution is -2.31. The number of methoxy groups -OCH3 is 1. The molecule has 0 atom stereocenters. The molecule has 1 heterocycles. The minimum absolute atomic E-state index is 0.157. The van der Waals surface area contributed by atoms with Crippen molar-refractivity contribution in [3.05, 3.63) is 87.2 Å². The van der Waals surface area contributed by atoms with Crippen LogP contribution in [0.3, 0.4) is 0 Å². The zero-order valence-corrected chi connectivity index (χ0v) is 17.3. The van der Waals surface area contributed by atoms with Crippen LogP contribution in [0.1, 0.15) is 26.4 Å². The molecule has 5 nitrogen and oxygen atoms in total. The molecular formula is C23H22N2O3S. The van der Waals surface area contributed by atoms with Crippen molar-refractivity contribution in [3.63, 3.8) is 0 Å². The molecule has 0 radical (unpaired) electrons. The summed E-state index contributed by atoms with van der Waals surface area (Å²) in [5.74, 6) is -0.217. The maximum atomic E-state index is 13.0. The fraction of sp³-hybridized carbons (Fsp3) is 0.130. The van der Waals surface area contributed by atoms with Gasteiger partial charge in [0.2, 0.25) is 0 Å². The van der Waals surface area contributed by atoms with Crippen molar-refractivity contribution >= 4 is 34.9 Å². The van der Waals surface area contributed by atoms with Crippen molar-refractivity contribution < 1.29 is 14.3 Å². The van der Waals surface area contributed by atoms with Gasteiger partial charge in [0, 0.05) is 10.4 Å². The van der Waals surface area contributed by atoms with Crippen molar-refractivity contribution in [3.8, 4) is 5.75 Å². The van der Waals surface area contributed by atoms with Gasteiger partial charge in [-0.3, -0.25) is 9.59 Å². The van der Waals surface area contributed by atoms with Gasteiger partial charge < -0.3 is 15.4 Å². The van der Waals surface area contributed by atoms with E-state index >= 15 is 0 Å². The number of aryl methyl sites for hydroxylation is 2. The van der Waals surface area contributed by atoms with Crippen molar-refractivity contribution in [2.45, 2.75) is 13.8 Å². The second-order valence-electron chi connectivity index (χ2n) is 6.50. The third-order valence-corrected chi connectivity index (χ3v) is 5.13. The minimum atomic E-state index is -0.427. The smallest absolute Gasteiger partial charge is 0.272 e. The molecule has 148 valence electrons. The summed E-state index contributed by atoms with van der Waals surface area (Å²) < 4.78 is 5.33. The molecule has 0 spiro atoms. The molecule has 0 aliphatic carbocycles. The van der Waals surface area contributed by atoms with Crippen LogP contribution >= 0.6 is 11.3 Å². The van der Waals surface area contributed by atoms with Crippen LogP contribution in [0.25, 0.3) is 6.08 Å². The van der Waals surface area contributed by atoms with Crippen LogP contribution in [0.15, 0.2) is 65.7 Å². The van der Waals surface area contributed by atoms with Gasteiger partial charge in [0.25, 0.3) is 11.8 Å². The molecule has 3 rings (SSSR count). The monoisotopic (exact) mass is 406 g/mol. The third kappa shape index (κ3) is 5.12. The Kier molecular flexibility index (Phi) is 6.46. The zero-order valence-electron chi connectivity index (χ0n) is 16.5. The highest BCUT2D eigenvalue weighted by atomic mass is 32.1. The summed E-state index contributed by atoms with van der Waals surface area (Å²) in [5, 5.41) is 7.52. The first-order valence-electron chi connectivity index (χ1n) is 9.06. The third-order valence-electron chi connectivity index (χ3n) is 4.32. The number of nitrogens with one attached hydrogen (secondary N) is 2. The second-order valence-corrected chi connectivity index (χ2v) is 7.48. The Bertz CT molecular complexity index is 1060. The van der Waals surface area contributed by atoms with E-state index in [1.165, 1.54) is 11.3 Å². The predicted molar refractivity (Wildman–Crippen MR) is 117 cm³/mol. The minimum Gasteiger partial charge on any atom is -0.495 e. The molecule has 29 heavy (non-hydrogen) atoms. The average molecular weight is 407 g/mol. The van der Waals surface area contributed by atoms with Crippen LogP contribution < -0.4 is 15.4 Å². The van der Waals surface area contributed by atoms with Crippen LogP contribution in [-0.2, 0) is 4.79 Å². The second kappa shape index (κ2) is 9.21. The summed E-state index contributed by atoms with van der Waals surface area (Å²) in [7, 11) is 1.54. The summed E-state index contributed by atoms with van der Waals surface area (Å²) in [6.45, 7) is 3.78. The lowest BCUT2D eigenvalue weighted by Gasteiger charge is -2.14. The van der Waals surface area contributed by atoms with E-state index in [1.807, 2.05) is 55.6 Å². The van der Waals surface area contributed by atoms with Gasteiger partial charge in [0.05, 0.1) is 12.8 Å². The molecule has 2 aromatic carbocycles. The van der Waals surface area contributed by atoms with E-state index in [0.29, 0.717) is 17.0 Å². The summed E-state index contributed by atoms with van der Waals surface area (Å²) in [4.78, 5) is 26.7. The van der Waals surface area contributed by atoms with E-state index < -0.39 is 5.91 Å². The predicted octanol–water partition coefficient (Wildman–Crippen LogP) is 4.78. The Morgan fingerprint density at radius 1 is 1.03 bits per heavy atom. The van der Waals surface area contributed by atoms with Crippen molar-refractivity contribution in [1.29, 1.82) is 0 Å². The van der Waals surface area contributed by atoms with Gasteiger partial charge in [-0.1, -0.05) is 30.3 Å². The summed E-state index contributed by atoms with van der Waals surface area (Å²) >= 11 is 1.48. The van der Waals surface area contributed by atoms with E-state index in [4.69, 9.17) is 4.74 Å². The van der Waals surface area contributed by atoms with Crippen LogP contribution in [0, 0.1) is 13.8 Å². The molecule has 0 unspecified atom stereocenters.